The van der Waals surface area contributed by atoms with E-state index >= 15 is 0 Å². The fourth-order valence-electron chi connectivity index (χ4n) is 3.88. The third kappa shape index (κ3) is 4.31. The number of H-pyrrole nitrogens is 1. The van der Waals surface area contributed by atoms with Crippen molar-refractivity contribution < 1.29 is 14.2 Å². The van der Waals surface area contributed by atoms with Gasteiger partial charge >= 0.3 is 0 Å². The van der Waals surface area contributed by atoms with Gasteiger partial charge in [-0.15, -0.1) is 0 Å². The Morgan fingerprint density at radius 2 is 1.96 bits per heavy atom. The van der Waals surface area contributed by atoms with E-state index in [0.29, 0.717) is 12.3 Å². The van der Waals surface area contributed by atoms with Crippen LogP contribution in [0.3, 0.4) is 0 Å². The summed E-state index contributed by atoms with van der Waals surface area (Å²) in [6, 6.07) is 16.7. The van der Waals surface area contributed by atoms with Crippen molar-refractivity contribution in [3.63, 3.8) is 0 Å². The van der Waals surface area contributed by atoms with E-state index in [4.69, 9.17) is 4.74 Å². The van der Waals surface area contributed by atoms with Gasteiger partial charge in [-0.3, -0.25) is 4.90 Å². The van der Waals surface area contributed by atoms with Gasteiger partial charge in [0.25, 0.3) is 0 Å². The average molecular weight is 368 g/mol. The fraction of sp³-hybridized carbons (Fsp3) is 0.364. The first kappa shape index (κ1) is 18.0. The number of likely N-dealkylation sites (tertiary alicyclic amines) is 1. The number of piperidine rings is 1. The first-order valence-corrected chi connectivity index (χ1v) is 9.57. The van der Waals surface area contributed by atoms with Crippen LogP contribution in [-0.4, -0.2) is 40.8 Å². The quantitative estimate of drug-likeness (QED) is 0.683. The molecule has 1 aliphatic rings. The van der Waals surface area contributed by atoms with E-state index in [-0.39, 0.29) is 18.5 Å². The van der Waals surface area contributed by atoms with Crippen LogP contribution in [0.25, 0.3) is 10.9 Å². The molecular weight excluding hydrogens is 343 g/mol. The molecule has 4 nitrogen and oxygen atoms in total. The van der Waals surface area contributed by atoms with E-state index in [2.05, 4.69) is 34.1 Å². The molecule has 0 amide bonds. The predicted octanol–water partition coefficient (Wildman–Crippen LogP) is 4.27. The molecule has 5 heteroatoms. The summed E-state index contributed by atoms with van der Waals surface area (Å²) in [5, 5.41) is 11.7. The number of nitrogens with one attached hydrogen (secondary N) is 1. The second-order valence-electron chi connectivity index (χ2n) is 7.24. The van der Waals surface area contributed by atoms with Crippen LogP contribution in [0, 0.1) is 5.82 Å². The first-order chi connectivity index (χ1) is 13.2. The van der Waals surface area contributed by atoms with E-state index in [9.17, 15) is 9.50 Å². The third-order valence-corrected chi connectivity index (χ3v) is 5.22. The monoisotopic (exact) mass is 368 g/mol. The SMILES string of the molecule is OC(COc1ccc(F)cc1)CN1CCCCC1c1cc2ccccc2[nH]1. The zero-order chi connectivity index (χ0) is 18.6. The van der Waals surface area contributed by atoms with Crippen LogP contribution < -0.4 is 4.74 Å². The second-order valence-corrected chi connectivity index (χ2v) is 7.24. The first-order valence-electron chi connectivity index (χ1n) is 9.57. The van der Waals surface area contributed by atoms with Gasteiger partial charge in [-0.05, 0) is 61.2 Å². The van der Waals surface area contributed by atoms with Crippen molar-refractivity contribution >= 4 is 10.9 Å². The summed E-state index contributed by atoms with van der Waals surface area (Å²) in [7, 11) is 0. The molecule has 2 unspecified atom stereocenters. The second kappa shape index (κ2) is 8.11. The summed E-state index contributed by atoms with van der Waals surface area (Å²) in [5.74, 6) is 0.277. The number of aromatic nitrogens is 1. The van der Waals surface area contributed by atoms with Crippen molar-refractivity contribution in [2.75, 3.05) is 19.7 Å². The number of benzene rings is 2. The number of aliphatic hydroxyl groups is 1. The lowest BCUT2D eigenvalue weighted by Gasteiger charge is -2.36. The molecule has 0 bridgehead atoms. The zero-order valence-electron chi connectivity index (χ0n) is 15.3. The highest BCUT2D eigenvalue weighted by Crippen LogP contribution is 2.32. The van der Waals surface area contributed by atoms with Crippen molar-refractivity contribution in [2.24, 2.45) is 0 Å². The lowest BCUT2D eigenvalue weighted by molar-refractivity contribution is 0.0384. The highest BCUT2D eigenvalue weighted by Gasteiger charge is 2.27. The molecule has 2 N–H and O–H groups in total. The largest absolute Gasteiger partial charge is 0.491 e. The van der Waals surface area contributed by atoms with Gasteiger partial charge in [0, 0.05) is 23.8 Å². The lowest BCUT2D eigenvalue weighted by atomic mass is 9.99. The number of hydrogen-bond donors (Lipinski definition) is 2. The molecule has 2 heterocycles. The molecule has 0 spiro atoms. The number of aliphatic hydroxyl groups excluding tert-OH is 1. The molecule has 0 radical (unpaired) electrons. The molecule has 0 saturated carbocycles. The minimum Gasteiger partial charge on any atom is -0.491 e. The maximum absolute atomic E-state index is 13.0. The summed E-state index contributed by atoms with van der Waals surface area (Å²) in [6.07, 6.45) is 2.82. The van der Waals surface area contributed by atoms with Crippen LogP contribution in [0.5, 0.6) is 5.75 Å². The fourth-order valence-corrected chi connectivity index (χ4v) is 3.88. The number of aromatic amines is 1. The number of nitrogens with zero attached hydrogens (tertiary/aromatic N) is 1. The Morgan fingerprint density at radius 1 is 1.15 bits per heavy atom. The Labute approximate surface area is 158 Å². The van der Waals surface area contributed by atoms with Gasteiger partial charge in [0.2, 0.25) is 0 Å². The minimum absolute atomic E-state index is 0.196. The molecule has 27 heavy (non-hydrogen) atoms. The number of ether oxygens (including phenoxy) is 1. The molecule has 2 atom stereocenters. The normalized spacial score (nSPS) is 19.3. The summed E-state index contributed by atoms with van der Waals surface area (Å²) in [5.41, 5.74) is 2.36. The Balaban J connectivity index is 1.40. The summed E-state index contributed by atoms with van der Waals surface area (Å²) in [6.45, 7) is 1.72. The summed E-state index contributed by atoms with van der Waals surface area (Å²) >= 11 is 0. The molecular formula is C22H25FN2O2. The summed E-state index contributed by atoms with van der Waals surface area (Å²) in [4.78, 5) is 5.88. The maximum Gasteiger partial charge on any atom is 0.123 e. The van der Waals surface area contributed by atoms with Gasteiger partial charge in [0.15, 0.2) is 0 Å². The van der Waals surface area contributed by atoms with E-state index < -0.39 is 6.10 Å². The van der Waals surface area contributed by atoms with E-state index in [1.165, 1.54) is 29.6 Å². The molecule has 2 aromatic carbocycles. The van der Waals surface area contributed by atoms with Crippen LogP contribution in [0.1, 0.15) is 31.0 Å². The average Bonchev–Trinajstić information content (AvgIpc) is 3.12. The zero-order valence-corrected chi connectivity index (χ0v) is 15.3. The highest BCUT2D eigenvalue weighted by molar-refractivity contribution is 5.80. The van der Waals surface area contributed by atoms with E-state index in [1.54, 1.807) is 12.1 Å². The van der Waals surface area contributed by atoms with Crippen molar-refractivity contribution in [3.8, 4) is 5.75 Å². The molecule has 0 aliphatic carbocycles. The maximum atomic E-state index is 13.0. The Hall–Kier alpha value is -2.37. The molecule has 1 aromatic heterocycles. The topological polar surface area (TPSA) is 48.5 Å². The molecule has 1 fully saturated rings. The van der Waals surface area contributed by atoms with Crippen LogP contribution in [0.4, 0.5) is 4.39 Å². The number of hydrogen-bond acceptors (Lipinski definition) is 3. The van der Waals surface area contributed by atoms with Gasteiger partial charge in [-0.1, -0.05) is 24.6 Å². The number of halogens is 1. The van der Waals surface area contributed by atoms with Crippen molar-refractivity contribution in [2.45, 2.75) is 31.4 Å². The number of rotatable bonds is 6. The minimum atomic E-state index is -0.597. The van der Waals surface area contributed by atoms with Crippen molar-refractivity contribution in [1.29, 1.82) is 0 Å². The number of para-hydroxylation sites is 1. The molecule has 1 saturated heterocycles. The predicted molar refractivity (Wildman–Crippen MR) is 104 cm³/mol. The third-order valence-electron chi connectivity index (χ3n) is 5.22. The van der Waals surface area contributed by atoms with Gasteiger partial charge in [0.1, 0.15) is 24.3 Å². The Bertz CT molecular complexity index is 844. The van der Waals surface area contributed by atoms with Crippen molar-refractivity contribution in [3.05, 3.63) is 66.1 Å². The Morgan fingerprint density at radius 3 is 2.78 bits per heavy atom. The van der Waals surface area contributed by atoms with Crippen LogP contribution in [0.2, 0.25) is 0 Å². The van der Waals surface area contributed by atoms with E-state index in [1.807, 2.05) is 6.07 Å². The van der Waals surface area contributed by atoms with Gasteiger partial charge in [0.05, 0.1) is 0 Å². The standard InChI is InChI=1S/C22H25FN2O2/c23-17-8-10-19(11-9-17)27-15-18(26)14-25-12-4-3-7-22(25)21-13-16-5-1-2-6-20(16)24-21/h1-2,5-6,8-11,13,18,22,24,26H,3-4,7,12,14-15H2. The van der Waals surface area contributed by atoms with Gasteiger partial charge < -0.3 is 14.8 Å². The molecule has 3 aromatic rings. The summed E-state index contributed by atoms with van der Waals surface area (Å²) < 4.78 is 18.6. The lowest BCUT2D eigenvalue weighted by Crippen LogP contribution is -2.40. The van der Waals surface area contributed by atoms with Crippen molar-refractivity contribution in [1.82, 2.24) is 9.88 Å². The molecule has 1 aliphatic heterocycles. The van der Waals surface area contributed by atoms with Gasteiger partial charge in [-0.2, -0.15) is 0 Å². The van der Waals surface area contributed by atoms with Crippen LogP contribution in [-0.2, 0) is 0 Å². The highest BCUT2D eigenvalue weighted by atomic mass is 19.1. The smallest absolute Gasteiger partial charge is 0.123 e. The number of β-amino-alcohol motifs (C(OH)–C–C–N with tert-alkyl or cyclic N) is 1. The Kier molecular flexibility index (Phi) is 5.41. The van der Waals surface area contributed by atoms with Crippen LogP contribution >= 0.6 is 0 Å². The molecule has 4 rings (SSSR count). The molecule has 142 valence electrons. The van der Waals surface area contributed by atoms with Crippen LogP contribution in [0.15, 0.2) is 54.6 Å². The number of fused-ring (bicyclic) bond motifs is 1. The van der Waals surface area contributed by atoms with E-state index in [0.717, 1.165) is 24.9 Å². The van der Waals surface area contributed by atoms with Gasteiger partial charge in [-0.25, -0.2) is 4.39 Å².